The molecule has 1 aliphatic rings. The average Bonchev–Trinajstić information content (AvgIpc) is 2.61. The van der Waals surface area contributed by atoms with Gasteiger partial charge in [0.25, 0.3) is 0 Å². The second-order valence-electron chi connectivity index (χ2n) is 7.18. The fourth-order valence-electron chi connectivity index (χ4n) is 3.31. The molecule has 1 aliphatic heterocycles. The Hall–Kier alpha value is -1.59. The fourth-order valence-corrected chi connectivity index (χ4v) is 3.31. The molecule has 1 aromatic rings. The summed E-state index contributed by atoms with van der Waals surface area (Å²) in [6, 6.07) is 8.54. The van der Waals surface area contributed by atoms with Crippen molar-refractivity contribution in [2.24, 2.45) is 4.99 Å². The van der Waals surface area contributed by atoms with Crippen molar-refractivity contribution >= 4 is 5.96 Å². The van der Waals surface area contributed by atoms with Gasteiger partial charge in [0.05, 0.1) is 6.54 Å². The topological polar surface area (TPSA) is 40.1 Å². The van der Waals surface area contributed by atoms with E-state index in [1.54, 1.807) is 0 Å². The third-order valence-electron chi connectivity index (χ3n) is 5.26. The third-order valence-corrected chi connectivity index (χ3v) is 5.26. The van der Waals surface area contributed by atoms with E-state index in [1.165, 1.54) is 11.1 Å². The van der Waals surface area contributed by atoms with Crippen molar-refractivity contribution in [2.45, 2.75) is 38.8 Å². The third kappa shape index (κ3) is 5.19. The number of hydrogen-bond acceptors (Lipinski definition) is 3. The lowest BCUT2D eigenvalue weighted by Crippen LogP contribution is -2.51. The van der Waals surface area contributed by atoms with Crippen molar-refractivity contribution in [3.63, 3.8) is 0 Å². The molecule has 25 heavy (non-hydrogen) atoms. The van der Waals surface area contributed by atoms with E-state index in [9.17, 15) is 0 Å². The predicted octanol–water partition coefficient (Wildman–Crippen LogP) is 2.50. The van der Waals surface area contributed by atoms with Gasteiger partial charge in [-0.25, -0.2) is 0 Å². The van der Waals surface area contributed by atoms with Crippen LogP contribution in [0.1, 0.15) is 30.9 Å². The number of benzene rings is 1. The predicted molar refractivity (Wildman–Crippen MR) is 105 cm³/mol. The molecule has 0 amide bonds. The van der Waals surface area contributed by atoms with E-state index in [1.807, 2.05) is 0 Å². The van der Waals surface area contributed by atoms with Crippen LogP contribution in [-0.2, 0) is 11.3 Å². The van der Waals surface area contributed by atoms with Gasteiger partial charge < -0.3 is 19.9 Å². The first kappa shape index (κ1) is 19.7. The number of hydrogen-bond donors (Lipinski definition) is 1. The van der Waals surface area contributed by atoms with Gasteiger partial charge in [0.2, 0.25) is 0 Å². The maximum absolute atomic E-state index is 5.57. The minimum atomic E-state index is 0.0996. The van der Waals surface area contributed by atoms with Crippen LogP contribution >= 0.6 is 0 Å². The number of aryl methyl sites for hydroxylation is 1. The van der Waals surface area contributed by atoms with E-state index in [-0.39, 0.29) is 5.54 Å². The molecule has 0 bridgehead atoms. The van der Waals surface area contributed by atoms with Crippen LogP contribution in [-0.4, -0.2) is 68.7 Å². The summed E-state index contributed by atoms with van der Waals surface area (Å²) in [7, 11) is 6.43. The molecule has 140 valence electrons. The van der Waals surface area contributed by atoms with Crippen molar-refractivity contribution in [1.82, 2.24) is 15.1 Å². The van der Waals surface area contributed by atoms with Gasteiger partial charge in [-0.1, -0.05) is 24.3 Å². The number of aliphatic imine (C=N–C) groups is 1. The Morgan fingerprint density at radius 1 is 1.20 bits per heavy atom. The molecular formula is C20H34N4O. The minimum absolute atomic E-state index is 0.0996. The lowest BCUT2D eigenvalue weighted by atomic mass is 9.89. The van der Waals surface area contributed by atoms with Gasteiger partial charge >= 0.3 is 0 Å². The van der Waals surface area contributed by atoms with E-state index in [0.717, 1.165) is 51.6 Å². The summed E-state index contributed by atoms with van der Waals surface area (Å²) in [5, 5.41) is 3.44. The highest BCUT2D eigenvalue weighted by atomic mass is 16.5. The number of ether oxygens (including phenoxy) is 1. The van der Waals surface area contributed by atoms with Crippen LogP contribution < -0.4 is 5.32 Å². The number of nitrogens with one attached hydrogen (secondary N) is 1. The first-order chi connectivity index (χ1) is 12.0. The molecular weight excluding hydrogens is 312 g/mol. The highest BCUT2D eigenvalue weighted by Gasteiger charge is 2.34. The first-order valence-corrected chi connectivity index (χ1v) is 9.27. The number of nitrogens with zero attached hydrogens (tertiary/aromatic N) is 3. The van der Waals surface area contributed by atoms with Gasteiger partial charge in [-0.3, -0.25) is 4.99 Å². The van der Waals surface area contributed by atoms with Crippen molar-refractivity contribution in [1.29, 1.82) is 0 Å². The normalized spacial score (nSPS) is 17.6. The van der Waals surface area contributed by atoms with Crippen molar-refractivity contribution in [3.05, 3.63) is 35.4 Å². The van der Waals surface area contributed by atoms with Gasteiger partial charge in [-0.05, 0) is 51.9 Å². The van der Waals surface area contributed by atoms with Crippen molar-refractivity contribution < 1.29 is 4.74 Å². The molecule has 1 saturated heterocycles. The Bertz CT molecular complexity index is 565. The molecule has 0 aliphatic carbocycles. The van der Waals surface area contributed by atoms with Crippen LogP contribution in [0, 0.1) is 6.92 Å². The molecule has 5 nitrogen and oxygen atoms in total. The smallest absolute Gasteiger partial charge is 0.194 e. The molecule has 0 aromatic heterocycles. The molecule has 0 radical (unpaired) electrons. The lowest BCUT2D eigenvalue weighted by Gasteiger charge is -2.42. The summed E-state index contributed by atoms with van der Waals surface area (Å²) in [4.78, 5) is 9.53. The zero-order valence-electron chi connectivity index (χ0n) is 16.5. The molecule has 1 aromatic carbocycles. The van der Waals surface area contributed by atoms with Crippen LogP contribution in [0.4, 0.5) is 0 Å². The van der Waals surface area contributed by atoms with E-state index in [0.29, 0.717) is 0 Å². The summed E-state index contributed by atoms with van der Waals surface area (Å²) in [6.45, 7) is 8.45. The number of rotatable bonds is 6. The van der Waals surface area contributed by atoms with Crippen LogP contribution in [0.25, 0.3) is 0 Å². The van der Waals surface area contributed by atoms with Crippen molar-refractivity contribution in [3.8, 4) is 0 Å². The summed E-state index contributed by atoms with van der Waals surface area (Å²) in [6.07, 6.45) is 2.06. The SMILES string of the molecule is CCNC(=NCC1(N(C)C)CCOCC1)N(C)Cc1ccccc1C. The van der Waals surface area contributed by atoms with E-state index < -0.39 is 0 Å². The second kappa shape index (κ2) is 9.20. The molecule has 5 heteroatoms. The van der Waals surface area contributed by atoms with Gasteiger partial charge in [0.15, 0.2) is 5.96 Å². The summed E-state index contributed by atoms with van der Waals surface area (Å²) < 4.78 is 5.57. The van der Waals surface area contributed by atoms with Gasteiger partial charge in [-0.2, -0.15) is 0 Å². The fraction of sp³-hybridized carbons (Fsp3) is 0.650. The quantitative estimate of drug-likeness (QED) is 0.635. The largest absolute Gasteiger partial charge is 0.381 e. The minimum Gasteiger partial charge on any atom is -0.381 e. The standard InChI is InChI=1S/C20H34N4O/c1-6-21-19(24(5)15-18-10-8-7-9-17(18)2)22-16-20(23(3)4)11-13-25-14-12-20/h7-10H,6,11-16H2,1-5H3,(H,21,22). The van der Waals surface area contributed by atoms with Gasteiger partial charge in [0.1, 0.15) is 0 Å². The maximum atomic E-state index is 5.57. The van der Waals surface area contributed by atoms with Crippen LogP contribution in [0.2, 0.25) is 0 Å². The van der Waals surface area contributed by atoms with Crippen LogP contribution in [0.3, 0.4) is 0 Å². The Morgan fingerprint density at radius 2 is 1.88 bits per heavy atom. The Morgan fingerprint density at radius 3 is 2.48 bits per heavy atom. The zero-order chi connectivity index (χ0) is 18.3. The first-order valence-electron chi connectivity index (χ1n) is 9.27. The summed E-state index contributed by atoms with van der Waals surface area (Å²) in [5.74, 6) is 0.971. The Labute approximate surface area is 153 Å². The zero-order valence-corrected chi connectivity index (χ0v) is 16.5. The summed E-state index contributed by atoms with van der Waals surface area (Å²) >= 11 is 0. The van der Waals surface area contributed by atoms with E-state index >= 15 is 0 Å². The molecule has 0 atom stereocenters. The molecule has 1 N–H and O–H groups in total. The van der Waals surface area contributed by atoms with Gasteiger partial charge in [0, 0.05) is 38.9 Å². The summed E-state index contributed by atoms with van der Waals surface area (Å²) in [5.41, 5.74) is 2.76. The second-order valence-corrected chi connectivity index (χ2v) is 7.18. The number of guanidine groups is 1. The Kier molecular flexibility index (Phi) is 7.26. The highest BCUT2D eigenvalue weighted by molar-refractivity contribution is 5.79. The van der Waals surface area contributed by atoms with E-state index in [4.69, 9.17) is 9.73 Å². The van der Waals surface area contributed by atoms with Gasteiger partial charge in [-0.15, -0.1) is 0 Å². The van der Waals surface area contributed by atoms with E-state index in [2.05, 4.69) is 74.4 Å². The molecule has 1 heterocycles. The molecule has 1 fully saturated rings. The molecule has 2 rings (SSSR count). The van der Waals surface area contributed by atoms with Crippen LogP contribution in [0.15, 0.2) is 29.3 Å². The highest BCUT2D eigenvalue weighted by Crippen LogP contribution is 2.26. The Balaban J connectivity index is 2.12. The van der Waals surface area contributed by atoms with Crippen LogP contribution in [0.5, 0.6) is 0 Å². The molecule has 0 unspecified atom stereocenters. The average molecular weight is 347 g/mol. The van der Waals surface area contributed by atoms with Crippen molar-refractivity contribution in [2.75, 3.05) is 47.4 Å². The lowest BCUT2D eigenvalue weighted by molar-refractivity contribution is -0.00263. The molecule has 0 saturated carbocycles. The monoisotopic (exact) mass is 346 g/mol. The number of likely N-dealkylation sites (N-methyl/N-ethyl adjacent to an activating group) is 1. The maximum Gasteiger partial charge on any atom is 0.194 e. The molecule has 0 spiro atoms.